The fourth-order valence-electron chi connectivity index (χ4n) is 3.02. The molecular formula is C25H18Cl2N2O2. The Morgan fingerprint density at radius 2 is 1.48 bits per heavy atom. The third kappa shape index (κ3) is 5.43. The van der Waals surface area contributed by atoms with Crippen LogP contribution in [0, 0.1) is 0 Å². The van der Waals surface area contributed by atoms with Crippen LogP contribution in [-0.2, 0) is 11.3 Å². The summed E-state index contributed by atoms with van der Waals surface area (Å²) in [6, 6.07) is 23.7. The van der Waals surface area contributed by atoms with Gasteiger partial charge in [-0.05, 0) is 54.1 Å². The van der Waals surface area contributed by atoms with E-state index in [0.717, 1.165) is 5.56 Å². The minimum atomic E-state index is -0.487. The zero-order chi connectivity index (χ0) is 21.6. The Kier molecular flexibility index (Phi) is 6.51. The highest BCUT2D eigenvalue weighted by Gasteiger charge is 2.14. The Labute approximate surface area is 190 Å². The van der Waals surface area contributed by atoms with Crippen molar-refractivity contribution in [3.63, 3.8) is 0 Å². The van der Waals surface area contributed by atoms with Gasteiger partial charge in [0.15, 0.2) is 0 Å². The second-order valence-electron chi connectivity index (χ2n) is 6.81. The number of carbonyl (C=O) groups excluding carboxylic acids is 1. The summed E-state index contributed by atoms with van der Waals surface area (Å²) in [4.78, 5) is 17.2. The molecule has 0 unspecified atom stereocenters. The first-order valence-electron chi connectivity index (χ1n) is 9.59. The summed E-state index contributed by atoms with van der Waals surface area (Å²) in [6.45, 7) is 0.645. The van der Waals surface area contributed by atoms with Crippen molar-refractivity contribution in [2.75, 3.05) is 0 Å². The van der Waals surface area contributed by atoms with E-state index in [4.69, 9.17) is 27.9 Å². The van der Waals surface area contributed by atoms with E-state index in [1.807, 2.05) is 41.1 Å². The molecular weight excluding hydrogens is 431 g/mol. The molecule has 0 N–H and O–H groups in total. The monoisotopic (exact) mass is 448 g/mol. The Morgan fingerprint density at radius 1 is 0.871 bits per heavy atom. The SMILES string of the molecule is O=C(O/C(=C/c1nccn1Cc1ccccc1)c1ccc(Cl)cc1)c1ccc(Cl)cc1. The van der Waals surface area contributed by atoms with Gasteiger partial charge in [0.1, 0.15) is 11.6 Å². The highest BCUT2D eigenvalue weighted by Crippen LogP contribution is 2.23. The molecule has 0 bridgehead atoms. The molecule has 1 heterocycles. The maximum absolute atomic E-state index is 12.8. The van der Waals surface area contributed by atoms with Crippen molar-refractivity contribution in [3.05, 3.63) is 124 Å². The first-order chi connectivity index (χ1) is 15.1. The van der Waals surface area contributed by atoms with E-state index in [9.17, 15) is 4.79 Å². The van der Waals surface area contributed by atoms with Crippen LogP contribution in [0.5, 0.6) is 0 Å². The molecule has 0 aliphatic rings. The molecule has 0 fully saturated rings. The number of imidazole rings is 1. The van der Waals surface area contributed by atoms with Crippen molar-refractivity contribution in [1.82, 2.24) is 9.55 Å². The standard InChI is InChI=1S/C25H18Cl2N2O2/c26-21-10-6-19(7-11-21)23(31-25(30)20-8-12-22(27)13-9-20)16-24-28-14-15-29(24)17-18-4-2-1-3-5-18/h1-16H,17H2/b23-16+. The molecule has 6 heteroatoms. The number of ether oxygens (including phenoxy) is 1. The van der Waals surface area contributed by atoms with Crippen molar-refractivity contribution in [2.24, 2.45) is 0 Å². The maximum atomic E-state index is 12.8. The van der Waals surface area contributed by atoms with Gasteiger partial charge in [-0.15, -0.1) is 0 Å². The van der Waals surface area contributed by atoms with Crippen molar-refractivity contribution in [1.29, 1.82) is 0 Å². The first-order valence-corrected chi connectivity index (χ1v) is 10.3. The van der Waals surface area contributed by atoms with Crippen LogP contribution in [0.15, 0.2) is 91.3 Å². The van der Waals surface area contributed by atoms with Crippen LogP contribution in [-0.4, -0.2) is 15.5 Å². The number of carbonyl (C=O) groups is 1. The molecule has 0 radical (unpaired) electrons. The molecule has 4 rings (SSSR count). The predicted octanol–water partition coefficient (Wildman–Crippen LogP) is 6.59. The minimum Gasteiger partial charge on any atom is -0.422 e. The van der Waals surface area contributed by atoms with Crippen molar-refractivity contribution in [3.8, 4) is 0 Å². The second-order valence-corrected chi connectivity index (χ2v) is 7.68. The van der Waals surface area contributed by atoms with E-state index < -0.39 is 5.97 Å². The Bertz CT molecular complexity index is 1200. The van der Waals surface area contributed by atoms with Crippen LogP contribution in [0.4, 0.5) is 0 Å². The third-order valence-corrected chi connectivity index (χ3v) is 5.12. The third-order valence-electron chi connectivity index (χ3n) is 4.61. The Balaban J connectivity index is 1.67. The molecule has 0 saturated heterocycles. The van der Waals surface area contributed by atoms with Gasteiger partial charge in [-0.3, -0.25) is 0 Å². The fraction of sp³-hybridized carbons (Fsp3) is 0.0400. The zero-order valence-corrected chi connectivity index (χ0v) is 17.9. The van der Waals surface area contributed by atoms with Crippen molar-refractivity contribution >= 4 is 41.0 Å². The van der Waals surface area contributed by atoms with E-state index in [0.29, 0.717) is 39.3 Å². The van der Waals surface area contributed by atoms with Gasteiger partial charge >= 0.3 is 5.97 Å². The number of esters is 1. The number of benzene rings is 3. The lowest BCUT2D eigenvalue weighted by molar-refractivity contribution is 0.0693. The lowest BCUT2D eigenvalue weighted by Gasteiger charge is -2.11. The number of nitrogens with zero attached hydrogens (tertiary/aromatic N) is 2. The fourth-order valence-corrected chi connectivity index (χ4v) is 3.27. The average Bonchev–Trinajstić information content (AvgIpc) is 3.21. The van der Waals surface area contributed by atoms with Gasteiger partial charge in [0.25, 0.3) is 0 Å². The van der Waals surface area contributed by atoms with Crippen LogP contribution in [0.3, 0.4) is 0 Å². The van der Waals surface area contributed by atoms with Crippen LogP contribution >= 0.6 is 23.2 Å². The van der Waals surface area contributed by atoms with Crippen molar-refractivity contribution in [2.45, 2.75) is 6.54 Å². The minimum absolute atomic E-state index is 0.372. The molecule has 0 amide bonds. The maximum Gasteiger partial charge on any atom is 0.343 e. The van der Waals surface area contributed by atoms with Gasteiger partial charge in [0, 0.05) is 40.6 Å². The summed E-state index contributed by atoms with van der Waals surface area (Å²) in [5.74, 6) is 0.550. The van der Waals surface area contributed by atoms with Gasteiger partial charge < -0.3 is 9.30 Å². The quantitative estimate of drug-likeness (QED) is 0.246. The summed E-state index contributed by atoms with van der Waals surface area (Å²) >= 11 is 12.0. The smallest absolute Gasteiger partial charge is 0.343 e. The molecule has 3 aromatic carbocycles. The molecule has 154 valence electrons. The highest BCUT2D eigenvalue weighted by atomic mass is 35.5. The van der Waals surface area contributed by atoms with Gasteiger partial charge in [0.2, 0.25) is 0 Å². The summed E-state index contributed by atoms with van der Waals surface area (Å²) in [5, 5.41) is 1.14. The number of aromatic nitrogens is 2. The van der Waals surface area contributed by atoms with E-state index in [-0.39, 0.29) is 0 Å². The van der Waals surface area contributed by atoms with Crippen LogP contribution in [0.1, 0.15) is 27.3 Å². The number of hydrogen-bond donors (Lipinski definition) is 0. The lowest BCUT2D eigenvalue weighted by Crippen LogP contribution is -2.06. The van der Waals surface area contributed by atoms with E-state index in [1.165, 1.54) is 0 Å². The van der Waals surface area contributed by atoms with E-state index >= 15 is 0 Å². The second kappa shape index (κ2) is 9.65. The largest absolute Gasteiger partial charge is 0.422 e. The predicted molar refractivity (Wildman–Crippen MR) is 124 cm³/mol. The lowest BCUT2D eigenvalue weighted by atomic mass is 10.1. The molecule has 0 saturated carbocycles. The summed E-state index contributed by atoms with van der Waals surface area (Å²) in [5.41, 5.74) is 2.25. The summed E-state index contributed by atoms with van der Waals surface area (Å²) in [6.07, 6.45) is 5.36. The van der Waals surface area contributed by atoms with E-state index in [2.05, 4.69) is 4.98 Å². The molecule has 0 aliphatic heterocycles. The number of halogens is 2. The molecule has 0 spiro atoms. The molecule has 4 aromatic rings. The average molecular weight is 449 g/mol. The summed E-state index contributed by atoms with van der Waals surface area (Å²) in [7, 11) is 0. The van der Waals surface area contributed by atoms with Crippen LogP contribution in [0.2, 0.25) is 10.0 Å². The molecule has 0 atom stereocenters. The molecule has 0 aliphatic carbocycles. The Morgan fingerprint density at radius 3 is 2.13 bits per heavy atom. The van der Waals surface area contributed by atoms with Gasteiger partial charge in [-0.1, -0.05) is 53.5 Å². The first kappa shape index (κ1) is 20.9. The van der Waals surface area contributed by atoms with Crippen LogP contribution < -0.4 is 0 Å². The normalized spacial score (nSPS) is 11.4. The Hall–Kier alpha value is -3.34. The molecule has 1 aromatic heterocycles. The van der Waals surface area contributed by atoms with Gasteiger partial charge in [-0.2, -0.15) is 0 Å². The van der Waals surface area contributed by atoms with Gasteiger partial charge in [-0.25, -0.2) is 9.78 Å². The molecule has 4 nitrogen and oxygen atoms in total. The van der Waals surface area contributed by atoms with E-state index in [1.54, 1.807) is 60.8 Å². The van der Waals surface area contributed by atoms with Crippen LogP contribution in [0.25, 0.3) is 11.8 Å². The molecule has 31 heavy (non-hydrogen) atoms. The van der Waals surface area contributed by atoms with Crippen molar-refractivity contribution < 1.29 is 9.53 Å². The van der Waals surface area contributed by atoms with Gasteiger partial charge in [0.05, 0.1) is 5.56 Å². The summed E-state index contributed by atoms with van der Waals surface area (Å²) < 4.78 is 7.75. The zero-order valence-electron chi connectivity index (χ0n) is 16.4. The number of rotatable bonds is 6. The highest BCUT2D eigenvalue weighted by molar-refractivity contribution is 6.31. The topological polar surface area (TPSA) is 44.1 Å². The number of hydrogen-bond acceptors (Lipinski definition) is 3.